The highest BCUT2D eigenvalue weighted by Crippen LogP contribution is 2.38. The Kier molecular flexibility index (Phi) is 4.72. The summed E-state index contributed by atoms with van der Waals surface area (Å²) in [6.45, 7) is 5.55. The second-order valence-electron chi connectivity index (χ2n) is 6.44. The van der Waals surface area contributed by atoms with Gasteiger partial charge in [0.15, 0.2) is 0 Å². The maximum absolute atomic E-state index is 13.1. The molecule has 25 heavy (non-hydrogen) atoms. The highest BCUT2D eigenvalue weighted by atomic mass is 32.2. The second-order valence-corrected chi connectivity index (χ2v) is 10.5. The van der Waals surface area contributed by atoms with Crippen molar-refractivity contribution in [2.24, 2.45) is 5.92 Å². The molecule has 0 N–H and O–H groups in total. The Balaban J connectivity index is 1.53. The van der Waals surface area contributed by atoms with Gasteiger partial charge in [0.25, 0.3) is 10.0 Å². The zero-order chi connectivity index (χ0) is 17.6. The van der Waals surface area contributed by atoms with Crippen LogP contribution in [0.2, 0.25) is 0 Å². The SMILES string of the molecule is Cc1nc(CO[C@@H]2CN(S(=O)(=O)c3sccc3C)[C@@H]3COC[C@@H]32)cs1. The van der Waals surface area contributed by atoms with Gasteiger partial charge in [0.1, 0.15) is 4.21 Å². The lowest BCUT2D eigenvalue weighted by Crippen LogP contribution is -2.38. The van der Waals surface area contributed by atoms with Gasteiger partial charge in [-0.25, -0.2) is 13.4 Å². The lowest BCUT2D eigenvalue weighted by atomic mass is 10.0. The molecule has 2 aromatic rings. The first kappa shape index (κ1) is 17.6. The highest BCUT2D eigenvalue weighted by molar-refractivity contribution is 7.91. The van der Waals surface area contributed by atoms with Crippen molar-refractivity contribution in [3.8, 4) is 0 Å². The number of aryl methyl sites for hydroxylation is 2. The van der Waals surface area contributed by atoms with Crippen LogP contribution >= 0.6 is 22.7 Å². The molecule has 0 spiro atoms. The molecule has 0 amide bonds. The number of fused-ring (bicyclic) bond motifs is 1. The number of sulfonamides is 1. The summed E-state index contributed by atoms with van der Waals surface area (Å²) in [6, 6.07) is 1.70. The molecule has 2 saturated heterocycles. The van der Waals surface area contributed by atoms with Crippen molar-refractivity contribution in [2.75, 3.05) is 19.8 Å². The Labute approximate surface area is 155 Å². The van der Waals surface area contributed by atoms with Crippen LogP contribution in [-0.4, -0.2) is 49.6 Å². The van der Waals surface area contributed by atoms with Crippen LogP contribution in [0.15, 0.2) is 21.0 Å². The van der Waals surface area contributed by atoms with Crippen LogP contribution < -0.4 is 0 Å². The van der Waals surface area contributed by atoms with Gasteiger partial charge in [0.05, 0.1) is 42.7 Å². The van der Waals surface area contributed by atoms with E-state index in [1.807, 2.05) is 30.7 Å². The number of thiazole rings is 1. The van der Waals surface area contributed by atoms with Crippen molar-refractivity contribution in [2.45, 2.75) is 36.8 Å². The van der Waals surface area contributed by atoms with Gasteiger partial charge in [0.2, 0.25) is 0 Å². The van der Waals surface area contributed by atoms with Crippen molar-refractivity contribution in [1.29, 1.82) is 0 Å². The number of rotatable bonds is 5. The van der Waals surface area contributed by atoms with E-state index in [9.17, 15) is 8.42 Å². The van der Waals surface area contributed by atoms with E-state index in [1.54, 1.807) is 15.6 Å². The highest BCUT2D eigenvalue weighted by Gasteiger charge is 2.51. The molecule has 0 radical (unpaired) electrons. The van der Waals surface area contributed by atoms with Gasteiger partial charge in [-0.15, -0.1) is 22.7 Å². The summed E-state index contributed by atoms with van der Waals surface area (Å²) in [4.78, 5) is 4.41. The fraction of sp³-hybridized carbons (Fsp3) is 0.562. The zero-order valence-corrected chi connectivity index (χ0v) is 16.5. The predicted octanol–water partition coefficient (Wildman–Crippen LogP) is 2.43. The number of ether oxygens (including phenoxy) is 2. The molecule has 2 fully saturated rings. The minimum absolute atomic E-state index is 0.0785. The molecule has 0 aliphatic carbocycles. The van der Waals surface area contributed by atoms with E-state index in [1.165, 1.54) is 11.3 Å². The topological polar surface area (TPSA) is 68.7 Å². The van der Waals surface area contributed by atoms with Crippen molar-refractivity contribution in [3.05, 3.63) is 33.1 Å². The summed E-state index contributed by atoms with van der Waals surface area (Å²) in [5, 5.41) is 4.81. The first-order valence-electron chi connectivity index (χ1n) is 8.13. The number of hydrogen-bond donors (Lipinski definition) is 0. The Bertz CT molecular complexity index is 860. The molecule has 4 rings (SSSR count). The molecule has 0 saturated carbocycles. The minimum Gasteiger partial charge on any atom is -0.379 e. The van der Waals surface area contributed by atoms with Crippen molar-refractivity contribution in [3.63, 3.8) is 0 Å². The van der Waals surface area contributed by atoms with Gasteiger partial charge in [-0.1, -0.05) is 0 Å². The van der Waals surface area contributed by atoms with Crippen LogP contribution in [0.4, 0.5) is 0 Å². The second kappa shape index (κ2) is 6.71. The first-order chi connectivity index (χ1) is 12.0. The van der Waals surface area contributed by atoms with E-state index >= 15 is 0 Å². The third kappa shape index (κ3) is 3.17. The van der Waals surface area contributed by atoms with E-state index in [-0.39, 0.29) is 18.1 Å². The molecule has 2 aliphatic rings. The molecule has 9 heteroatoms. The Hall–Kier alpha value is -0.840. The summed E-state index contributed by atoms with van der Waals surface area (Å²) >= 11 is 2.86. The lowest BCUT2D eigenvalue weighted by Gasteiger charge is -2.21. The van der Waals surface area contributed by atoms with Crippen molar-refractivity contribution >= 4 is 32.7 Å². The number of nitrogens with zero attached hydrogens (tertiary/aromatic N) is 2. The maximum Gasteiger partial charge on any atom is 0.253 e. The summed E-state index contributed by atoms with van der Waals surface area (Å²) < 4.78 is 39.8. The summed E-state index contributed by atoms with van der Waals surface area (Å²) in [7, 11) is -3.51. The van der Waals surface area contributed by atoms with Gasteiger partial charge < -0.3 is 9.47 Å². The van der Waals surface area contributed by atoms with E-state index in [4.69, 9.17) is 9.47 Å². The van der Waals surface area contributed by atoms with E-state index < -0.39 is 10.0 Å². The first-order valence-corrected chi connectivity index (χ1v) is 11.3. The Morgan fingerprint density at radius 2 is 2.20 bits per heavy atom. The van der Waals surface area contributed by atoms with E-state index in [0.29, 0.717) is 30.6 Å². The van der Waals surface area contributed by atoms with Crippen LogP contribution in [-0.2, 0) is 26.1 Å². The van der Waals surface area contributed by atoms with Crippen molar-refractivity contribution < 1.29 is 17.9 Å². The maximum atomic E-state index is 13.1. The monoisotopic (exact) mass is 400 g/mol. The van der Waals surface area contributed by atoms with Gasteiger partial charge in [-0.05, 0) is 30.9 Å². The smallest absolute Gasteiger partial charge is 0.253 e. The van der Waals surface area contributed by atoms with Gasteiger partial charge >= 0.3 is 0 Å². The summed E-state index contributed by atoms with van der Waals surface area (Å²) in [5.41, 5.74) is 1.69. The number of aromatic nitrogens is 1. The molecular formula is C16H20N2O4S3. The lowest BCUT2D eigenvalue weighted by molar-refractivity contribution is 0.0114. The molecular weight excluding hydrogens is 380 g/mol. The molecule has 4 heterocycles. The number of hydrogen-bond acceptors (Lipinski definition) is 7. The molecule has 6 nitrogen and oxygen atoms in total. The van der Waals surface area contributed by atoms with Crippen LogP contribution in [0.3, 0.4) is 0 Å². The van der Waals surface area contributed by atoms with E-state index in [2.05, 4.69) is 4.98 Å². The molecule has 2 aromatic heterocycles. The van der Waals surface area contributed by atoms with Crippen LogP contribution in [0.25, 0.3) is 0 Å². The fourth-order valence-corrected chi connectivity index (χ4v) is 7.30. The average molecular weight is 401 g/mol. The van der Waals surface area contributed by atoms with Crippen molar-refractivity contribution in [1.82, 2.24) is 9.29 Å². The van der Waals surface area contributed by atoms with Gasteiger partial charge in [0, 0.05) is 17.8 Å². The largest absolute Gasteiger partial charge is 0.379 e. The van der Waals surface area contributed by atoms with Crippen LogP contribution in [0, 0.1) is 19.8 Å². The quantitative estimate of drug-likeness (QED) is 0.771. The average Bonchev–Trinajstić information content (AvgIpc) is 3.29. The van der Waals surface area contributed by atoms with Gasteiger partial charge in [-0.3, -0.25) is 0 Å². The Morgan fingerprint density at radius 1 is 1.36 bits per heavy atom. The molecule has 2 aliphatic heterocycles. The third-order valence-electron chi connectivity index (χ3n) is 4.77. The van der Waals surface area contributed by atoms with Crippen LogP contribution in [0.1, 0.15) is 16.3 Å². The third-order valence-corrected chi connectivity index (χ3v) is 9.15. The standard InChI is InChI=1S/C16H20N2O4S3/c1-10-3-4-23-16(10)25(19,20)18-5-15(13-7-21-8-14(13)18)22-6-12-9-24-11(2)17-12/h3-4,9,13-15H,5-8H2,1-2H3/t13-,14+,15+/m0/s1. The summed E-state index contributed by atoms with van der Waals surface area (Å²) in [6.07, 6.45) is -0.162. The number of thiophene rings is 1. The normalized spacial score (nSPS) is 27.0. The fourth-order valence-electron chi connectivity index (χ4n) is 3.51. The summed E-state index contributed by atoms with van der Waals surface area (Å²) in [5.74, 6) is 0.0785. The molecule has 0 aromatic carbocycles. The van der Waals surface area contributed by atoms with E-state index in [0.717, 1.165) is 16.3 Å². The van der Waals surface area contributed by atoms with Gasteiger partial charge in [-0.2, -0.15) is 4.31 Å². The molecule has 0 unspecified atom stereocenters. The predicted molar refractivity (Wildman–Crippen MR) is 96.5 cm³/mol. The molecule has 3 atom stereocenters. The molecule has 136 valence electrons. The molecule has 0 bridgehead atoms. The zero-order valence-electron chi connectivity index (χ0n) is 14.0. The Morgan fingerprint density at radius 3 is 2.88 bits per heavy atom. The van der Waals surface area contributed by atoms with Crippen LogP contribution in [0.5, 0.6) is 0 Å². The minimum atomic E-state index is -3.51.